The Hall–Kier alpha value is -0.830. The third-order valence-corrected chi connectivity index (χ3v) is 4.17. The topological polar surface area (TPSA) is 43.8 Å². The number of imidazole rings is 1. The molecule has 1 aliphatic rings. The van der Waals surface area contributed by atoms with Crippen LogP contribution in [0.2, 0.25) is 0 Å². The first-order valence-corrected chi connectivity index (χ1v) is 6.34. The third-order valence-electron chi connectivity index (χ3n) is 4.17. The van der Waals surface area contributed by atoms with Crippen LogP contribution in [0.4, 0.5) is 0 Å². The van der Waals surface area contributed by atoms with E-state index in [2.05, 4.69) is 30.3 Å². The highest BCUT2D eigenvalue weighted by molar-refractivity contribution is 5.07. The van der Waals surface area contributed by atoms with Crippen LogP contribution in [0.5, 0.6) is 0 Å². The van der Waals surface area contributed by atoms with Gasteiger partial charge in [-0.25, -0.2) is 4.98 Å². The lowest BCUT2D eigenvalue weighted by atomic mass is 9.92. The molecule has 90 valence electrons. The molecule has 0 amide bonds. The van der Waals surface area contributed by atoms with E-state index < -0.39 is 0 Å². The molecule has 0 aliphatic heterocycles. The van der Waals surface area contributed by atoms with Crippen LogP contribution >= 0.6 is 0 Å². The zero-order valence-electron chi connectivity index (χ0n) is 10.6. The molecule has 0 spiro atoms. The fourth-order valence-corrected chi connectivity index (χ4v) is 2.40. The summed E-state index contributed by atoms with van der Waals surface area (Å²) in [6, 6.07) is 0.130. The van der Waals surface area contributed by atoms with Crippen molar-refractivity contribution in [3.8, 4) is 0 Å². The van der Waals surface area contributed by atoms with Gasteiger partial charge in [0.15, 0.2) is 0 Å². The van der Waals surface area contributed by atoms with Crippen LogP contribution in [0.25, 0.3) is 0 Å². The van der Waals surface area contributed by atoms with Crippen LogP contribution in [0, 0.1) is 11.3 Å². The van der Waals surface area contributed by atoms with Crippen molar-refractivity contribution in [3.05, 3.63) is 18.2 Å². The van der Waals surface area contributed by atoms with E-state index in [0.717, 1.165) is 18.9 Å². The van der Waals surface area contributed by atoms with Crippen molar-refractivity contribution >= 4 is 0 Å². The van der Waals surface area contributed by atoms with E-state index in [9.17, 15) is 0 Å². The summed E-state index contributed by atoms with van der Waals surface area (Å²) in [6.07, 6.45) is 7.53. The molecule has 16 heavy (non-hydrogen) atoms. The maximum absolute atomic E-state index is 6.09. The van der Waals surface area contributed by atoms with Crippen molar-refractivity contribution in [1.29, 1.82) is 0 Å². The molecule has 2 N–H and O–H groups in total. The molecule has 0 unspecified atom stereocenters. The van der Waals surface area contributed by atoms with Gasteiger partial charge >= 0.3 is 0 Å². The van der Waals surface area contributed by atoms with Crippen LogP contribution in [0.3, 0.4) is 0 Å². The van der Waals surface area contributed by atoms with Gasteiger partial charge in [-0.05, 0) is 30.6 Å². The maximum Gasteiger partial charge on any atom is 0.0948 e. The fourth-order valence-electron chi connectivity index (χ4n) is 2.40. The predicted molar refractivity (Wildman–Crippen MR) is 66.0 cm³/mol. The van der Waals surface area contributed by atoms with E-state index in [1.165, 1.54) is 18.5 Å². The first-order valence-electron chi connectivity index (χ1n) is 6.34. The van der Waals surface area contributed by atoms with E-state index >= 15 is 0 Å². The highest BCUT2D eigenvalue weighted by Crippen LogP contribution is 2.53. The number of hydrogen-bond acceptors (Lipinski definition) is 2. The van der Waals surface area contributed by atoms with E-state index in [-0.39, 0.29) is 6.04 Å². The second kappa shape index (κ2) is 4.21. The molecule has 0 saturated heterocycles. The lowest BCUT2D eigenvalue weighted by Crippen LogP contribution is -2.21. The highest BCUT2D eigenvalue weighted by Gasteiger charge is 2.45. The van der Waals surface area contributed by atoms with Gasteiger partial charge < -0.3 is 10.3 Å². The molecule has 2 rings (SSSR count). The minimum Gasteiger partial charge on any atom is -0.333 e. The monoisotopic (exact) mass is 221 g/mol. The van der Waals surface area contributed by atoms with Crippen molar-refractivity contribution in [2.45, 2.75) is 52.6 Å². The number of aromatic nitrogens is 2. The summed E-state index contributed by atoms with van der Waals surface area (Å²) in [5, 5.41) is 0. The number of nitrogens with zero attached hydrogens (tertiary/aromatic N) is 2. The molecule has 0 aromatic carbocycles. The number of hydrogen-bond donors (Lipinski definition) is 1. The van der Waals surface area contributed by atoms with Gasteiger partial charge in [-0.3, -0.25) is 0 Å². The molecule has 1 aliphatic carbocycles. The molecular formula is C13H23N3. The van der Waals surface area contributed by atoms with Crippen molar-refractivity contribution in [2.75, 3.05) is 0 Å². The normalized spacial score (nSPS) is 20.1. The van der Waals surface area contributed by atoms with Gasteiger partial charge in [-0.1, -0.05) is 20.8 Å². The first-order chi connectivity index (χ1) is 7.59. The first kappa shape index (κ1) is 11.6. The quantitative estimate of drug-likeness (QED) is 0.830. The molecule has 0 radical (unpaired) electrons. The van der Waals surface area contributed by atoms with Gasteiger partial charge in [0.05, 0.1) is 12.0 Å². The number of nitrogens with two attached hydrogens (primary N) is 1. The predicted octanol–water partition coefficient (Wildman–Crippen LogP) is 2.73. The zero-order chi connectivity index (χ0) is 11.8. The second-order valence-corrected chi connectivity index (χ2v) is 5.48. The maximum atomic E-state index is 6.09. The van der Waals surface area contributed by atoms with Crippen molar-refractivity contribution in [2.24, 2.45) is 17.1 Å². The molecule has 0 bridgehead atoms. The van der Waals surface area contributed by atoms with Gasteiger partial charge in [0.1, 0.15) is 0 Å². The summed E-state index contributed by atoms with van der Waals surface area (Å²) in [7, 11) is 0. The Morgan fingerprint density at radius 2 is 2.19 bits per heavy atom. The summed E-state index contributed by atoms with van der Waals surface area (Å²) in [5.74, 6) is 0.751. The lowest BCUT2D eigenvalue weighted by Gasteiger charge is -2.22. The Morgan fingerprint density at radius 1 is 1.50 bits per heavy atom. The summed E-state index contributed by atoms with van der Waals surface area (Å²) in [6.45, 7) is 7.86. The van der Waals surface area contributed by atoms with Gasteiger partial charge in [0, 0.05) is 18.8 Å². The van der Waals surface area contributed by atoms with E-state index in [1.54, 1.807) is 0 Å². The van der Waals surface area contributed by atoms with Crippen LogP contribution in [0.1, 0.15) is 51.8 Å². The number of rotatable bonds is 5. The molecular weight excluding hydrogens is 198 g/mol. The molecule has 1 aromatic heterocycles. The lowest BCUT2D eigenvalue weighted by molar-refractivity contribution is 0.303. The molecule has 1 atom stereocenters. The van der Waals surface area contributed by atoms with Crippen LogP contribution in [-0.4, -0.2) is 9.55 Å². The van der Waals surface area contributed by atoms with Crippen LogP contribution < -0.4 is 5.73 Å². The fraction of sp³-hybridized carbons (Fsp3) is 0.769. The van der Waals surface area contributed by atoms with E-state index in [4.69, 9.17) is 5.73 Å². The molecule has 3 nitrogen and oxygen atoms in total. The van der Waals surface area contributed by atoms with Crippen LogP contribution in [-0.2, 0) is 6.54 Å². The van der Waals surface area contributed by atoms with Gasteiger partial charge in [-0.15, -0.1) is 0 Å². The second-order valence-electron chi connectivity index (χ2n) is 5.48. The standard InChI is InChI=1S/C13H23N3/c1-4-11(14)12-7-15-9-16(12)8-13(5-6-13)10(2)3/h7,9-11H,4-6,8,14H2,1-3H3/t11-/m1/s1. The zero-order valence-corrected chi connectivity index (χ0v) is 10.6. The molecule has 1 aromatic rings. The largest absolute Gasteiger partial charge is 0.333 e. The average Bonchev–Trinajstić information content (AvgIpc) is 2.89. The van der Waals surface area contributed by atoms with Gasteiger partial charge in [0.2, 0.25) is 0 Å². The smallest absolute Gasteiger partial charge is 0.0948 e. The Kier molecular flexibility index (Phi) is 3.06. The molecule has 3 heteroatoms. The molecule has 1 heterocycles. The Labute approximate surface area is 98.1 Å². The Bertz CT molecular complexity index is 350. The van der Waals surface area contributed by atoms with E-state index in [0.29, 0.717) is 5.41 Å². The Morgan fingerprint density at radius 3 is 2.69 bits per heavy atom. The Balaban J connectivity index is 2.13. The SMILES string of the molecule is CC[C@@H](N)c1cncn1CC1(C(C)C)CC1. The summed E-state index contributed by atoms with van der Waals surface area (Å²) in [5.41, 5.74) is 7.80. The van der Waals surface area contributed by atoms with Gasteiger partial charge in [0.25, 0.3) is 0 Å². The van der Waals surface area contributed by atoms with Crippen molar-refractivity contribution < 1.29 is 0 Å². The third kappa shape index (κ3) is 2.01. The van der Waals surface area contributed by atoms with Crippen molar-refractivity contribution in [3.63, 3.8) is 0 Å². The van der Waals surface area contributed by atoms with Gasteiger partial charge in [-0.2, -0.15) is 0 Å². The minimum absolute atomic E-state index is 0.130. The summed E-state index contributed by atoms with van der Waals surface area (Å²) < 4.78 is 2.27. The molecule has 1 fully saturated rings. The summed E-state index contributed by atoms with van der Waals surface area (Å²) >= 11 is 0. The molecule has 1 saturated carbocycles. The van der Waals surface area contributed by atoms with Crippen LogP contribution in [0.15, 0.2) is 12.5 Å². The van der Waals surface area contributed by atoms with Crippen molar-refractivity contribution in [1.82, 2.24) is 9.55 Å². The van der Waals surface area contributed by atoms with E-state index in [1.807, 2.05) is 12.5 Å². The summed E-state index contributed by atoms with van der Waals surface area (Å²) in [4.78, 5) is 4.25. The highest BCUT2D eigenvalue weighted by atomic mass is 15.1. The average molecular weight is 221 g/mol. The minimum atomic E-state index is 0.130.